The van der Waals surface area contributed by atoms with Crippen LogP contribution in [0.5, 0.6) is 0 Å². The minimum Gasteiger partial charge on any atom is -0.466 e. The normalized spacial score (nSPS) is 18.4. The van der Waals surface area contributed by atoms with Gasteiger partial charge in [0, 0.05) is 23.5 Å². The van der Waals surface area contributed by atoms with Crippen molar-refractivity contribution >= 4 is 25.7 Å². The molecule has 0 amide bonds. The molecule has 98 valence electrons. The van der Waals surface area contributed by atoms with Crippen molar-refractivity contribution in [1.29, 1.82) is 0 Å². The Bertz CT molecular complexity index is 580. The van der Waals surface area contributed by atoms with Crippen LogP contribution in [0.25, 0.3) is 0 Å². The first kappa shape index (κ1) is 13.4. The number of hydrogen-bond acceptors (Lipinski definition) is 4. The second kappa shape index (κ2) is 4.90. The smallest absolute Gasteiger partial charge is 0.302 e. The van der Waals surface area contributed by atoms with Crippen LogP contribution in [0.4, 0.5) is 0 Å². The second-order valence-electron chi connectivity index (χ2n) is 4.45. The number of carbonyl (C=O) groups excluding carboxylic acids is 1. The van der Waals surface area contributed by atoms with Crippen molar-refractivity contribution in [2.45, 2.75) is 24.7 Å². The predicted octanol–water partition coefficient (Wildman–Crippen LogP) is 1.89. The van der Waals surface area contributed by atoms with Gasteiger partial charge < -0.3 is 4.74 Å². The molecule has 0 aromatic heterocycles. The second-order valence-corrected chi connectivity index (χ2v) is 7.01. The molecule has 0 fully saturated rings. The summed E-state index contributed by atoms with van der Waals surface area (Å²) in [7, 11) is 1.62. The predicted molar refractivity (Wildman–Crippen MR) is 67.0 cm³/mol. The average Bonchev–Trinajstić information content (AvgIpc) is 2.66. The highest BCUT2D eigenvalue weighted by atomic mass is 35.7. The van der Waals surface area contributed by atoms with Gasteiger partial charge in [0.1, 0.15) is 0 Å². The Hall–Kier alpha value is -1.07. The molecule has 0 spiro atoms. The Morgan fingerprint density at radius 1 is 1.39 bits per heavy atom. The number of ether oxygens (including phenoxy) is 1. The maximum Gasteiger partial charge on any atom is 0.302 e. The number of rotatable bonds is 3. The quantitative estimate of drug-likeness (QED) is 0.629. The topological polar surface area (TPSA) is 60.4 Å². The van der Waals surface area contributed by atoms with E-state index < -0.39 is 9.05 Å². The average molecular weight is 289 g/mol. The summed E-state index contributed by atoms with van der Waals surface area (Å²) in [5.74, 6) is -0.0767. The fraction of sp³-hybridized carbons (Fsp3) is 0.417. The van der Waals surface area contributed by atoms with Gasteiger partial charge in [-0.3, -0.25) is 4.79 Å². The molecular formula is C12H13ClO4S. The van der Waals surface area contributed by atoms with Gasteiger partial charge in [-0.25, -0.2) is 8.42 Å². The molecule has 2 rings (SSSR count). The molecule has 1 aromatic rings. The van der Waals surface area contributed by atoms with Crippen LogP contribution in [0.1, 0.15) is 18.1 Å². The third-order valence-electron chi connectivity index (χ3n) is 3.00. The molecule has 0 saturated carbocycles. The maximum atomic E-state index is 11.2. The van der Waals surface area contributed by atoms with Gasteiger partial charge in [-0.1, -0.05) is 6.07 Å². The van der Waals surface area contributed by atoms with Crippen LogP contribution in [0.3, 0.4) is 0 Å². The van der Waals surface area contributed by atoms with Gasteiger partial charge >= 0.3 is 5.97 Å². The molecule has 1 aliphatic carbocycles. The lowest BCUT2D eigenvalue weighted by Crippen LogP contribution is -2.12. The molecule has 18 heavy (non-hydrogen) atoms. The molecule has 1 aromatic carbocycles. The van der Waals surface area contributed by atoms with E-state index in [0.717, 1.165) is 17.5 Å². The van der Waals surface area contributed by atoms with Gasteiger partial charge in [0.05, 0.1) is 11.5 Å². The zero-order valence-electron chi connectivity index (χ0n) is 9.85. The standard InChI is InChI=1S/C12H13ClO4S/c1-8(14)17-7-9-4-10-2-3-12(18(13,15)16)6-11(10)5-9/h2-3,6,9H,4-5,7H2,1H3. The summed E-state index contributed by atoms with van der Waals surface area (Å²) < 4.78 is 27.4. The SMILES string of the molecule is CC(=O)OCC1Cc2ccc(S(=O)(=O)Cl)cc2C1. The van der Waals surface area contributed by atoms with Crippen LogP contribution < -0.4 is 0 Å². The molecule has 1 atom stereocenters. The molecule has 1 unspecified atom stereocenters. The van der Waals surface area contributed by atoms with Crippen molar-refractivity contribution in [3.63, 3.8) is 0 Å². The summed E-state index contributed by atoms with van der Waals surface area (Å²) >= 11 is 0. The third-order valence-corrected chi connectivity index (χ3v) is 4.35. The van der Waals surface area contributed by atoms with E-state index in [1.807, 2.05) is 0 Å². The van der Waals surface area contributed by atoms with Gasteiger partial charge in [0.2, 0.25) is 0 Å². The van der Waals surface area contributed by atoms with Crippen molar-refractivity contribution in [1.82, 2.24) is 0 Å². The van der Waals surface area contributed by atoms with Crippen LogP contribution >= 0.6 is 10.7 Å². The van der Waals surface area contributed by atoms with E-state index in [-0.39, 0.29) is 16.8 Å². The Kier molecular flexibility index (Phi) is 3.64. The third kappa shape index (κ3) is 3.03. The van der Waals surface area contributed by atoms with Crippen molar-refractivity contribution in [2.24, 2.45) is 5.92 Å². The number of carbonyl (C=O) groups is 1. The first-order valence-electron chi connectivity index (χ1n) is 5.56. The minimum absolute atomic E-state index is 0.121. The summed E-state index contributed by atoms with van der Waals surface area (Å²) in [6, 6.07) is 4.89. The summed E-state index contributed by atoms with van der Waals surface area (Å²) in [6.45, 7) is 1.74. The zero-order chi connectivity index (χ0) is 13.3. The summed E-state index contributed by atoms with van der Waals surface area (Å²) in [6.07, 6.45) is 1.51. The minimum atomic E-state index is -3.68. The van der Waals surface area contributed by atoms with Gasteiger partial charge in [-0.2, -0.15) is 0 Å². The largest absolute Gasteiger partial charge is 0.466 e. The number of esters is 1. The van der Waals surface area contributed by atoms with Gasteiger partial charge in [0.15, 0.2) is 0 Å². The Balaban J connectivity index is 2.13. The summed E-state index contributed by atoms with van der Waals surface area (Å²) in [5.41, 5.74) is 2.06. The van der Waals surface area contributed by atoms with E-state index in [9.17, 15) is 13.2 Å². The summed E-state index contributed by atoms with van der Waals surface area (Å²) in [4.78, 5) is 10.9. The lowest BCUT2D eigenvalue weighted by atomic mass is 10.1. The van der Waals surface area contributed by atoms with Crippen molar-refractivity contribution < 1.29 is 17.9 Å². The number of halogens is 1. The zero-order valence-corrected chi connectivity index (χ0v) is 11.4. The fourth-order valence-corrected chi connectivity index (χ4v) is 2.99. The lowest BCUT2D eigenvalue weighted by Gasteiger charge is -2.07. The molecule has 4 nitrogen and oxygen atoms in total. The van der Waals surface area contributed by atoms with E-state index in [2.05, 4.69) is 0 Å². The van der Waals surface area contributed by atoms with Gasteiger partial charge in [-0.15, -0.1) is 0 Å². The van der Waals surface area contributed by atoms with Crippen LogP contribution in [0.15, 0.2) is 23.1 Å². The van der Waals surface area contributed by atoms with Gasteiger partial charge in [0.25, 0.3) is 9.05 Å². The Morgan fingerprint density at radius 3 is 2.67 bits per heavy atom. The molecule has 0 bridgehead atoms. The van der Waals surface area contributed by atoms with E-state index in [0.29, 0.717) is 13.0 Å². The summed E-state index contributed by atoms with van der Waals surface area (Å²) in [5, 5.41) is 0. The molecule has 0 aliphatic heterocycles. The molecule has 0 heterocycles. The number of fused-ring (bicyclic) bond motifs is 1. The Labute approximate surface area is 110 Å². The van der Waals surface area contributed by atoms with Crippen LogP contribution in [0.2, 0.25) is 0 Å². The molecular weight excluding hydrogens is 276 g/mol. The number of benzene rings is 1. The van der Waals surface area contributed by atoms with E-state index >= 15 is 0 Å². The number of hydrogen-bond donors (Lipinski definition) is 0. The highest BCUT2D eigenvalue weighted by Gasteiger charge is 2.24. The van der Waals surface area contributed by atoms with Crippen LogP contribution in [-0.2, 0) is 31.4 Å². The van der Waals surface area contributed by atoms with E-state index in [4.69, 9.17) is 15.4 Å². The molecule has 0 saturated heterocycles. The highest BCUT2D eigenvalue weighted by molar-refractivity contribution is 8.13. The highest BCUT2D eigenvalue weighted by Crippen LogP contribution is 2.29. The molecule has 6 heteroatoms. The fourth-order valence-electron chi connectivity index (χ4n) is 2.19. The molecule has 0 N–H and O–H groups in total. The van der Waals surface area contributed by atoms with E-state index in [1.165, 1.54) is 13.0 Å². The lowest BCUT2D eigenvalue weighted by molar-refractivity contribution is -0.142. The van der Waals surface area contributed by atoms with E-state index in [1.54, 1.807) is 12.1 Å². The molecule has 0 radical (unpaired) electrons. The first-order chi connectivity index (χ1) is 8.36. The monoisotopic (exact) mass is 288 g/mol. The molecule has 1 aliphatic rings. The van der Waals surface area contributed by atoms with Crippen molar-refractivity contribution in [3.8, 4) is 0 Å². The van der Waals surface area contributed by atoms with Crippen molar-refractivity contribution in [3.05, 3.63) is 29.3 Å². The van der Waals surface area contributed by atoms with Crippen LogP contribution in [-0.4, -0.2) is 21.0 Å². The van der Waals surface area contributed by atoms with Crippen molar-refractivity contribution in [2.75, 3.05) is 6.61 Å². The Morgan fingerprint density at radius 2 is 2.06 bits per heavy atom. The van der Waals surface area contributed by atoms with Crippen LogP contribution in [0, 0.1) is 5.92 Å². The van der Waals surface area contributed by atoms with Gasteiger partial charge in [-0.05, 0) is 36.1 Å². The maximum absolute atomic E-state index is 11.2. The first-order valence-corrected chi connectivity index (χ1v) is 7.87.